The first-order chi connectivity index (χ1) is 13.6. The molecule has 158 valence electrons. The van der Waals surface area contributed by atoms with Gasteiger partial charge < -0.3 is 14.9 Å². The molecular weight excluding hydrogens is 368 g/mol. The molecule has 0 saturated heterocycles. The number of ether oxygens (including phenoxy) is 1. The average Bonchev–Trinajstić information content (AvgIpc) is 2.62. The summed E-state index contributed by atoms with van der Waals surface area (Å²) in [6.07, 6.45) is 8.27. The molecule has 1 aromatic carbocycles. The third-order valence-corrected chi connectivity index (χ3v) is 4.45. The van der Waals surface area contributed by atoms with Crippen molar-refractivity contribution in [2.75, 3.05) is 7.11 Å². The number of aromatic hydroxyl groups is 2. The zero-order chi connectivity index (χ0) is 22.0. The van der Waals surface area contributed by atoms with Gasteiger partial charge in [-0.05, 0) is 65.2 Å². The molecule has 0 saturated carbocycles. The minimum atomic E-state index is -0.478. The topological polar surface area (TPSA) is 83.8 Å². The van der Waals surface area contributed by atoms with E-state index in [-0.39, 0.29) is 23.7 Å². The lowest BCUT2D eigenvalue weighted by molar-refractivity contribution is -0.139. The Labute approximate surface area is 173 Å². The molecule has 2 N–H and O–H groups in total. The Balaban J connectivity index is 2.64. The molecule has 5 nitrogen and oxygen atoms in total. The largest absolute Gasteiger partial charge is 0.508 e. The van der Waals surface area contributed by atoms with Crippen molar-refractivity contribution in [1.29, 1.82) is 0 Å². The van der Waals surface area contributed by atoms with Crippen LogP contribution in [0.4, 0.5) is 0 Å². The van der Waals surface area contributed by atoms with Gasteiger partial charge in [-0.1, -0.05) is 28.9 Å². The van der Waals surface area contributed by atoms with Crippen molar-refractivity contribution in [3.63, 3.8) is 0 Å². The Hall–Kier alpha value is -2.82. The maximum absolute atomic E-state index is 11.8. The highest BCUT2D eigenvalue weighted by Gasteiger charge is 2.12. The van der Waals surface area contributed by atoms with Crippen LogP contribution in [0.3, 0.4) is 0 Å². The summed E-state index contributed by atoms with van der Waals surface area (Å²) in [5, 5.41) is 20.2. The summed E-state index contributed by atoms with van der Waals surface area (Å²) in [6.45, 7) is 7.80. The molecular formula is C24H32O5. The van der Waals surface area contributed by atoms with E-state index in [1.807, 2.05) is 33.8 Å². The van der Waals surface area contributed by atoms with Crippen molar-refractivity contribution in [2.24, 2.45) is 0 Å². The van der Waals surface area contributed by atoms with Crippen molar-refractivity contribution in [2.45, 2.75) is 59.8 Å². The van der Waals surface area contributed by atoms with E-state index < -0.39 is 5.97 Å². The Morgan fingerprint density at radius 3 is 2.21 bits per heavy atom. The van der Waals surface area contributed by atoms with Crippen LogP contribution in [0, 0.1) is 0 Å². The second-order valence-electron chi connectivity index (χ2n) is 7.57. The number of methoxy groups -OCH3 is 1. The molecule has 0 unspecified atom stereocenters. The predicted molar refractivity (Wildman–Crippen MR) is 115 cm³/mol. The third kappa shape index (κ3) is 9.28. The molecule has 0 aliphatic rings. The number of esters is 1. The zero-order valence-electron chi connectivity index (χ0n) is 18.0. The number of benzene rings is 1. The van der Waals surface area contributed by atoms with E-state index in [1.165, 1.54) is 19.2 Å². The van der Waals surface area contributed by atoms with Crippen molar-refractivity contribution in [1.82, 2.24) is 0 Å². The highest BCUT2D eigenvalue weighted by atomic mass is 16.5. The molecule has 1 aromatic rings. The monoisotopic (exact) mass is 400 g/mol. The fourth-order valence-electron chi connectivity index (χ4n) is 2.85. The number of carbonyl (C=O) groups is 2. The summed E-state index contributed by atoms with van der Waals surface area (Å²) >= 11 is 0. The SMILES string of the molecule is COC(=O)Cc1cc(O)c(C/C=C(\C)CC/C=C(\C)CC(=O)C=C(C)C)cc1O. The number of carbonyl (C=O) groups excluding carboxylic acids is 2. The van der Waals surface area contributed by atoms with E-state index in [2.05, 4.69) is 10.8 Å². The van der Waals surface area contributed by atoms with Gasteiger partial charge in [0.2, 0.25) is 0 Å². The second kappa shape index (κ2) is 11.9. The molecule has 0 heterocycles. The normalized spacial score (nSPS) is 11.9. The number of hydrogen-bond acceptors (Lipinski definition) is 5. The molecule has 1 rings (SSSR count). The predicted octanol–water partition coefficient (Wildman–Crippen LogP) is 4.95. The second-order valence-corrected chi connectivity index (χ2v) is 7.57. The first kappa shape index (κ1) is 24.2. The van der Waals surface area contributed by atoms with Crippen molar-refractivity contribution < 1.29 is 24.5 Å². The lowest BCUT2D eigenvalue weighted by Crippen LogP contribution is -2.04. The summed E-state index contributed by atoms with van der Waals surface area (Å²) in [4.78, 5) is 23.1. The van der Waals surface area contributed by atoms with Gasteiger partial charge in [-0.15, -0.1) is 0 Å². The molecule has 29 heavy (non-hydrogen) atoms. The highest BCUT2D eigenvalue weighted by Crippen LogP contribution is 2.28. The first-order valence-electron chi connectivity index (χ1n) is 9.72. The van der Waals surface area contributed by atoms with Gasteiger partial charge >= 0.3 is 5.97 Å². The van der Waals surface area contributed by atoms with E-state index in [1.54, 1.807) is 6.08 Å². The Bertz CT molecular complexity index is 824. The van der Waals surface area contributed by atoms with Crippen molar-refractivity contribution >= 4 is 11.8 Å². The van der Waals surface area contributed by atoms with E-state index in [0.717, 1.165) is 29.6 Å². The summed E-state index contributed by atoms with van der Waals surface area (Å²) in [5.74, 6) is -0.348. The molecule has 0 atom stereocenters. The Kier molecular flexibility index (Phi) is 9.93. The van der Waals surface area contributed by atoms with E-state index in [0.29, 0.717) is 24.0 Å². The lowest BCUT2D eigenvalue weighted by atomic mass is 10.0. The van der Waals surface area contributed by atoms with Gasteiger partial charge in [0, 0.05) is 17.5 Å². The molecule has 0 radical (unpaired) electrons. The summed E-state index contributed by atoms with van der Waals surface area (Å²) < 4.78 is 4.58. The van der Waals surface area contributed by atoms with Gasteiger partial charge in [-0.2, -0.15) is 0 Å². The zero-order valence-corrected chi connectivity index (χ0v) is 18.0. The molecule has 0 aromatic heterocycles. The van der Waals surface area contributed by atoms with Gasteiger partial charge in [0.15, 0.2) is 5.78 Å². The van der Waals surface area contributed by atoms with Gasteiger partial charge in [0.05, 0.1) is 13.5 Å². The highest BCUT2D eigenvalue weighted by molar-refractivity contribution is 5.91. The first-order valence-corrected chi connectivity index (χ1v) is 9.72. The van der Waals surface area contributed by atoms with Crippen LogP contribution in [0.2, 0.25) is 0 Å². The van der Waals surface area contributed by atoms with Crippen LogP contribution in [0.1, 0.15) is 58.1 Å². The maximum Gasteiger partial charge on any atom is 0.310 e. The summed E-state index contributed by atoms with van der Waals surface area (Å²) in [7, 11) is 1.28. The van der Waals surface area contributed by atoms with E-state index in [4.69, 9.17) is 0 Å². The van der Waals surface area contributed by atoms with Crippen LogP contribution in [0.25, 0.3) is 0 Å². The van der Waals surface area contributed by atoms with Crippen LogP contribution in [-0.2, 0) is 27.2 Å². The fraction of sp³-hybridized carbons (Fsp3) is 0.417. The molecule has 0 aliphatic carbocycles. The fourth-order valence-corrected chi connectivity index (χ4v) is 2.85. The number of phenols is 2. The van der Waals surface area contributed by atoms with Crippen molar-refractivity contribution in [3.8, 4) is 11.5 Å². The van der Waals surface area contributed by atoms with Gasteiger partial charge in [-0.3, -0.25) is 9.59 Å². The Morgan fingerprint density at radius 2 is 1.59 bits per heavy atom. The van der Waals surface area contributed by atoms with E-state index in [9.17, 15) is 19.8 Å². The molecule has 0 fully saturated rings. The number of allylic oxidation sites excluding steroid dienone is 6. The van der Waals surface area contributed by atoms with Gasteiger partial charge in [0.1, 0.15) is 11.5 Å². The maximum atomic E-state index is 11.8. The number of phenolic OH excluding ortho intramolecular Hbond substituents is 2. The molecule has 5 heteroatoms. The van der Waals surface area contributed by atoms with Crippen molar-refractivity contribution in [3.05, 3.63) is 58.2 Å². The van der Waals surface area contributed by atoms with Crippen LogP contribution in [0.15, 0.2) is 47.1 Å². The van der Waals surface area contributed by atoms with Crippen LogP contribution >= 0.6 is 0 Å². The molecule has 0 aliphatic heterocycles. The molecule has 0 amide bonds. The van der Waals surface area contributed by atoms with Crippen LogP contribution in [-0.4, -0.2) is 29.1 Å². The standard InChI is InChI=1S/C24H32O5/c1-16(2)11-21(25)12-18(4)8-6-7-17(3)9-10-19-13-23(27)20(14-22(19)26)15-24(28)29-5/h8-9,11,13-14,26-27H,6-7,10,12,15H2,1-5H3/b17-9+,18-8+. The minimum Gasteiger partial charge on any atom is -0.508 e. The molecule has 0 bridgehead atoms. The number of hydrogen-bond donors (Lipinski definition) is 2. The van der Waals surface area contributed by atoms with Gasteiger partial charge in [-0.25, -0.2) is 0 Å². The van der Waals surface area contributed by atoms with Gasteiger partial charge in [0.25, 0.3) is 0 Å². The lowest BCUT2D eigenvalue weighted by Gasteiger charge is -2.09. The third-order valence-electron chi connectivity index (χ3n) is 4.45. The minimum absolute atomic E-state index is 0.0335. The van der Waals surface area contributed by atoms with Crippen LogP contribution < -0.4 is 0 Å². The summed E-state index contributed by atoms with van der Waals surface area (Å²) in [6, 6.07) is 2.89. The number of rotatable bonds is 10. The Morgan fingerprint density at radius 1 is 0.966 bits per heavy atom. The number of ketones is 1. The average molecular weight is 401 g/mol. The van der Waals surface area contributed by atoms with E-state index >= 15 is 0 Å². The molecule has 0 spiro atoms. The smallest absolute Gasteiger partial charge is 0.310 e. The van der Waals surface area contributed by atoms with Crippen LogP contribution in [0.5, 0.6) is 11.5 Å². The quantitative estimate of drug-likeness (QED) is 0.251. The summed E-state index contributed by atoms with van der Waals surface area (Å²) in [5.41, 5.74) is 4.15.